The number of fused-ring (bicyclic) bond motifs is 2. The number of nitrogens with one attached hydrogen (secondary N) is 1. The standard InChI is InChI=1S/C30H36N2O3/c1-34-27-20-13-15-22(28(27)30(33)35-2)14-7-5-3-4-6-12-21-31-29-23-16-8-10-18-25(23)32-26-19-11-9-17-24(26)29/h6,8,10,12-13,15-16,18,20H,3-5,7,9,11,14,17,19,21H2,1-2H3,(H,31,32)/b12-6+. The molecule has 1 N–H and O–H groups in total. The Balaban J connectivity index is 1.25. The van der Waals surface area contributed by atoms with Crippen molar-refractivity contribution in [3.8, 4) is 5.75 Å². The van der Waals surface area contributed by atoms with Crippen LogP contribution in [0, 0.1) is 0 Å². The predicted molar refractivity (Wildman–Crippen MR) is 143 cm³/mol. The zero-order chi connectivity index (χ0) is 24.5. The van der Waals surface area contributed by atoms with Gasteiger partial charge in [0.05, 0.1) is 19.7 Å². The lowest BCUT2D eigenvalue weighted by Gasteiger charge is -2.21. The van der Waals surface area contributed by atoms with E-state index in [1.165, 1.54) is 42.3 Å². The molecular weight excluding hydrogens is 436 g/mol. The summed E-state index contributed by atoms with van der Waals surface area (Å²) in [5.41, 5.74) is 6.58. The molecule has 1 aliphatic carbocycles. The van der Waals surface area contributed by atoms with Crippen LogP contribution in [0.4, 0.5) is 5.69 Å². The molecule has 0 unspecified atom stereocenters. The van der Waals surface area contributed by atoms with Crippen molar-refractivity contribution in [2.24, 2.45) is 0 Å². The number of nitrogens with zero attached hydrogens (tertiary/aromatic N) is 1. The number of rotatable bonds is 11. The van der Waals surface area contributed by atoms with E-state index in [4.69, 9.17) is 14.5 Å². The van der Waals surface area contributed by atoms with Crippen molar-refractivity contribution in [1.29, 1.82) is 0 Å². The molecule has 5 nitrogen and oxygen atoms in total. The number of aryl methyl sites for hydroxylation is 2. The largest absolute Gasteiger partial charge is 0.496 e. The lowest BCUT2D eigenvalue weighted by molar-refractivity contribution is 0.0595. The molecule has 35 heavy (non-hydrogen) atoms. The summed E-state index contributed by atoms with van der Waals surface area (Å²) in [4.78, 5) is 17.1. The molecule has 0 bridgehead atoms. The monoisotopic (exact) mass is 472 g/mol. The number of para-hydroxylation sites is 1. The molecule has 0 atom stereocenters. The smallest absolute Gasteiger partial charge is 0.341 e. The molecule has 0 saturated heterocycles. The predicted octanol–water partition coefficient (Wildman–Crippen LogP) is 6.68. The van der Waals surface area contributed by atoms with Gasteiger partial charge in [-0.3, -0.25) is 4.98 Å². The summed E-state index contributed by atoms with van der Waals surface area (Å²) in [5.74, 6) is 0.240. The Hall–Kier alpha value is -3.34. The first-order chi connectivity index (χ1) is 17.2. The van der Waals surface area contributed by atoms with E-state index in [1.54, 1.807) is 13.2 Å². The molecule has 2 aromatic carbocycles. The zero-order valence-corrected chi connectivity index (χ0v) is 20.9. The number of hydrogen-bond acceptors (Lipinski definition) is 5. The van der Waals surface area contributed by atoms with E-state index < -0.39 is 0 Å². The van der Waals surface area contributed by atoms with Crippen LogP contribution >= 0.6 is 0 Å². The van der Waals surface area contributed by atoms with Crippen LogP contribution in [0.15, 0.2) is 54.6 Å². The summed E-state index contributed by atoms with van der Waals surface area (Å²) in [7, 11) is 2.99. The van der Waals surface area contributed by atoms with Crippen LogP contribution in [0.2, 0.25) is 0 Å². The van der Waals surface area contributed by atoms with E-state index >= 15 is 0 Å². The van der Waals surface area contributed by atoms with Gasteiger partial charge in [0.15, 0.2) is 0 Å². The Morgan fingerprint density at radius 1 is 1.00 bits per heavy atom. The molecule has 0 aliphatic heterocycles. The minimum Gasteiger partial charge on any atom is -0.496 e. The van der Waals surface area contributed by atoms with Crippen molar-refractivity contribution in [2.75, 3.05) is 26.1 Å². The number of allylic oxidation sites excluding steroid dienone is 1. The second kappa shape index (κ2) is 12.4. The summed E-state index contributed by atoms with van der Waals surface area (Å²) in [5, 5.41) is 4.92. The second-order valence-corrected chi connectivity index (χ2v) is 9.07. The van der Waals surface area contributed by atoms with Crippen LogP contribution in [0.5, 0.6) is 5.75 Å². The normalized spacial score (nSPS) is 13.1. The molecule has 0 spiro atoms. The van der Waals surface area contributed by atoms with Crippen LogP contribution in [-0.4, -0.2) is 31.7 Å². The zero-order valence-electron chi connectivity index (χ0n) is 20.9. The van der Waals surface area contributed by atoms with Gasteiger partial charge in [-0.25, -0.2) is 4.79 Å². The van der Waals surface area contributed by atoms with Gasteiger partial charge in [0.25, 0.3) is 0 Å². The van der Waals surface area contributed by atoms with E-state index in [0.717, 1.165) is 62.6 Å². The molecule has 3 aromatic rings. The highest BCUT2D eigenvalue weighted by atomic mass is 16.5. The number of anilines is 1. The summed E-state index contributed by atoms with van der Waals surface area (Å²) >= 11 is 0. The van der Waals surface area contributed by atoms with Crippen LogP contribution in [0.3, 0.4) is 0 Å². The molecule has 1 heterocycles. The summed E-state index contributed by atoms with van der Waals surface area (Å²) in [6.07, 6.45) is 14.3. The molecule has 4 rings (SSSR count). The third-order valence-corrected chi connectivity index (χ3v) is 6.77. The Morgan fingerprint density at radius 2 is 1.86 bits per heavy atom. The van der Waals surface area contributed by atoms with Gasteiger partial charge in [-0.2, -0.15) is 0 Å². The highest BCUT2D eigenvalue weighted by Gasteiger charge is 2.18. The maximum Gasteiger partial charge on any atom is 0.341 e. The van der Waals surface area contributed by atoms with E-state index in [-0.39, 0.29) is 5.97 Å². The number of hydrogen-bond donors (Lipinski definition) is 1. The van der Waals surface area contributed by atoms with E-state index in [9.17, 15) is 4.79 Å². The van der Waals surface area contributed by atoms with Crippen molar-refractivity contribution in [2.45, 2.75) is 57.8 Å². The fourth-order valence-electron chi connectivity index (χ4n) is 4.98. The summed E-state index contributed by atoms with van der Waals surface area (Å²) in [6.45, 7) is 0.826. The number of pyridine rings is 1. The number of methoxy groups -OCH3 is 2. The van der Waals surface area contributed by atoms with Gasteiger partial charge < -0.3 is 14.8 Å². The number of carbonyl (C=O) groups excluding carboxylic acids is 1. The number of esters is 1. The van der Waals surface area contributed by atoms with Crippen molar-refractivity contribution in [3.05, 3.63) is 77.0 Å². The van der Waals surface area contributed by atoms with E-state index in [1.807, 2.05) is 12.1 Å². The average molecular weight is 473 g/mol. The average Bonchev–Trinajstić information content (AvgIpc) is 2.90. The highest BCUT2D eigenvalue weighted by Crippen LogP contribution is 2.33. The maximum absolute atomic E-state index is 12.2. The molecule has 0 radical (unpaired) electrons. The second-order valence-electron chi connectivity index (χ2n) is 9.07. The Kier molecular flexibility index (Phi) is 8.77. The number of unbranched alkanes of at least 4 members (excludes halogenated alkanes) is 3. The Labute approximate surface area is 208 Å². The molecule has 5 heteroatoms. The number of ether oxygens (including phenoxy) is 2. The van der Waals surface area contributed by atoms with Crippen molar-refractivity contribution >= 4 is 22.6 Å². The van der Waals surface area contributed by atoms with Gasteiger partial charge in [-0.1, -0.05) is 48.9 Å². The van der Waals surface area contributed by atoms with Crippen molar-refractivity contribution in [1.82, 2.24) is 4.98 Å². The fourth-order valence-corrected chi connectivity index (χ4v) is 4.98. The molecular formula is C30H36N2O3. The Bertz CT molecular complexity index is 1190. The van der Waals surface area contributed by atoms with Gasteiger partial charge in [-0.05, 0) is 74.6 Å². The van der Waals surface area contributed by atoms with Crippen molar-refractivity contribution in [3.63, 3.8) is 0 Å². The summed E-state index contributed by atoms with van der Waals surface area (Å²) < 4.78 is 10.3. The molecule has 0 fully saturated rings. The summed E-state index contributed by atoms with van der Waals surface area (Å²) in [6, 6.07) is 14.2. The first-order valence-electron chi connectivity index (χ1n) is 12.8. The molecule has 1 aromatic heterocycles. The van der Waals surface area contributed by atoms with Crippen LogP contribution in [0.25, 0.3) is 10.9 Å². The fraction of sp³-hybridized carbons (Fsp3) is 0.400. The van der Waals surface area contributed by atoms with Crippen molar-refractivity contribution < 1.29 is 14.3 Å². The number of aromatic nitrogens is 1. The molecule has 0 saturated carbocycles. The molecule has 0 amide bonds. The number of benzene rings is 2. The highest BCUT2D eigenvalue weighted by molar-refractivity contribution is 5.94. The van der Waals surface area contributed by atoms with Crippen LogP contribution in [0.1, 0.15) is 65.7 Å². The molecule has 184 valence electrons. The van der Waals surface area contributed by atoms with Crippen LogP contribution < -0.4 is 10.1 Å². The minimum atomic E-state index is -0.337. The number of carbonyl (C=O) groups is 1. The SMILES string of the molecule is COC(=O)c1c(CCCCC/C=C/CNc2c3c(nc4ccccc24)CCCC3)cccc1OC. The van der Waals surface area contributed by atoms with Gasteiger partial charge in [0.2, 0.25) is 0 Å². The lowest BCUT2D eigenvalue weighted by atomic mass is 9.92. The first kappa shape index (κ1) is 24.8. The lowest BCUT2D eigenvalue weighted by Crippen LogP contribution is -2.11. The van der Waals surface area contributed by atoms with Gasteiger partial charge >= 0.3 is 5.97 Å². The van der Waals surface area contributed by atoms with Crippen LogP contribution in [-0.2, 0) is 24.0 Å². The third kappa shape index (κ3) is 6.02. The van der Waals surface area contributed by atoms with E-state index in [0.29, 0.717) is 11.3 Å². The van der Waals surface area contributed by atoms with Gasteiger partial charge in [0.1, 0.15) is 11.3 Å². The third-order valence-electron chi connectivity index (χ3n) is 6.77. The van der Waals surface area contributed by atoms with E-state index in [2.05, 4.69) is 41.7 Å². The topological polar surface area (TPSA) is 60.5 Å². The molecule has 1 aliphatic rings. The quantitative estimate of drug-likeness (QED) is 0.192. The minimum absolute atomic E-state index is 0.337. The van der Waals surface area contributed by atoms with Gasteiger partial charge in [0, 0.05) is 23.3 Å². The maximum atomic E-state index is 12.2. The first-order valence-corrected chi connectivity index (χ1v) is 12.8. The van der Waals surface area contributed by atoms with Gasteiger partial charge in [-0.15, -0.1) is 0 Å². The Morgan fingerprint density at radius 3 is 2.71 bits per heavy atom.